The van der Waals surface area contributed by atoms with Gasteiger partial charge in [0, 0.05) is 13.0 Å². The van der Waals surface area contributed by atoms with Crippen LogP contribution in [0.25, 0.3) is 0 Å². The van der Waals surface area contributed by atoms with Gasteiger partial charge in [0.15, 0.2) is 0 Å². The maximum atomic E-state index is 11.6. The van der Waals surface area contributed by atoms with Gasteiger partial charge in [0.25, 0.3) is 0 Å². The zero-order chi connectivity index (χ0) is 14.0. The summed E-state index contributed by atoms with van der Waals surface area (Å²) in [6.07, 6.45) is 4.16. The summed E-state index contributed by atoms with van der Waals surface area (Å²) >= 11 is 0. The first-order valence-electron chi connectivity index (χ1n) is 6.72. The number of unbranched alkanes of at least 4 members (excludes halogenated alkanes) is 2. The molecule has 0 saturated carbocycles. The summed E-state index contributed by atoms with van der Waals surface area (Å²) < 4.78 is 0. The van der Waals surface area contributed by atoms with Crippen molar-refractivity contribution in [2.24, 2.45) is 11.1 Å². The zero-order valence-corrected chi connectivity index (χ0v) is 11.5. The number of hydrogen-bond acceptors (Lipinski definition) is 3. The molecule has 0 rings (SSSR count). The van der Waals surface area contributed by atoms with Gasteiger partial charge >= 0.3 is 5.97 Å². The van der Waals surface area contributed by atoms with Crippen LogP contribution >= 0.6 is 0 Å². The Morgan fingerprint density at radius 2 is 1.78 bits per heavy atom. The molecule has 0 aromatic heterocycles. The van der Waals surface area contributed by atoms with E-state index in [1.165, 1.54) is 0 Å². The molecular formula is C13H26N2O3. The minimum atomic E-state index is -0.837. The number of carbonyl (C=O) groups is 2. The van der Waals surface area contributed by atoms with Gasteiger partial charge in [-0.1, -0.05) is 20.3 Å². The van der Waals surface area contributed by atoms with Crippen LogP contribution in [0.2, 0.25) is 0 Å². The Morgan fingerprint density at radius 3 is 2.22 bits per heavy atom. The molecule has 5 nitrogen and oxygen atoms in total. The van der Waals surface area contributed by atoms with Crippen LogP contribution in [0.1, 0.15) is 52.4 Å². The summed E-state index contributed by atoms with van der Waals surface area (Å²) in [4.78, 5) is 22.8. The van der Waals surface area contributed by atoms with Crippen LogP contribution in [0, 0.1) is 5.41 Å². The highest BCUT2D eigenvalue weighted by Crippen LogP contribution is 2.25. The monoisotopic (exact) mass is 258 g/mol. The quantitative estimate of drug-likeness (QED) is 0.518. The number of hydrogen-bond donors (Lipinski definition) is 3. The van der Waals surface area contributed by atoms with E-state index in [1.54, 1.807) is 0 Å². The topological polar surface area (TPSA) is 92.4 Å². The molecular weight excluding hydrogens is 232 g/mol. The first kappa shape index (κ1) is 16.9. The van der Waals surface area contributed by atoms with E-state index in [1.807, 2.05) is 13.8 Å². The van der Waals surface area contributed by atoms with Gasteiger partial charge in [0.1, 0.15) is 0 Å². The van der Waals surface area contributed by atoms with E-state index < -0.39 is 11.4 Å². The largest absolute Gasteiger partial charge is 0.481 e. The number of nitrogens with two attached hydrogens (primary N) is 1. The second-order valence-corrected chi connectivity index (χ2v) is 4.67. The summed E-state index contributed by atoms with van der Waals surface area (Å²) in [6.45, 7) is 4.54. The third kappa shape index (κ3) is 5.49. The minimum absolute atomic E-state index is 0.0699. The zero-order valence-electron chi connectivity index (χ0n) is 11.5. The lowest BCUT2D eigenvalue weighted by Crippen LogP contribution is -2.42. The highest BCUT2D eigenvalue weighted by molar-refractivity contribution is 5.79. The number of rotatable bonds is 10. The van der Waals surface area contributed by atoms with E-state index in [9.17, 15) is 14.7 Å². The van der Waals surface area contributed by atoms with E-state index in [2.05, 4.69) is 5.32 Å². The molecule has 0 unspecified atom stereocenters. The van der Waals surface area contributed by atoms with Gasteiger partial charge in [-0.15, -0.1) is 0 Å². The van der Waals surface area contributed by atoms with Crippen LogP contribution in [0.4, 0.5) is 0 Å². The fourth-order valence-corrected chi connectivity index (χ4v) is 1.84. The fourth-order valence-electron chi connectivity index (χ4n) is 1.84. The highest BCUT2D eigenvalue weighted by Gasteiger charge is 2.34. The Labute approximate surface area is 109 Å². The molecule has 0 aromatic carbocycles. The van der Waals surface area contributed by atoms with Crippen molar-refractivity contribution in [1.29, 1.82) is 0 Å². The third-order valence-corrected chi connectivity index (χ3v) is 3.54. The molecule has 0 saturated heterocycles. The molecule has 0 spiro atoms. The van der Waals surface area contributed by atoms with Crippen LogP contribution in [0.3, 0.4) is 0 Å². The van der Waals surface area contributed by atoms with Crippen molar-refractivity contribution in [1.82, 2.24) is 5.32 Å². The normalized spacial score (nSPS) is 11.3. The number of carboxylic acid groups (broad SMARTS) is 1. The van der Waals surface area contributed by atoms with Crippen LogP contribution < -0.4 is 11.1 Å². The average Bonchev–Trinajstić information content (AvgIpc) is 2.36. The number of amides is 1. The molecule has 18 heavy (non-hydrogen) atoms. The van der Waals surface area contributed by atoms with Crippen LogP contribution in [-0.2, 0) is 9.59 Å². The molecule has 0 atom stereocenters. The number of carboxylic acids is 1. The summed E-state index contributed by atoms with van der Waals surface area (Å²) in [5.74, 6) is -0.907. The van der Waals surface area contributed by atoms with E-state index in [0.717, 1.165) is 19.3 Å². The Hall–Kier alpha value is -1.10. The van der Waals surface area contributed by atoms with Crippen molar-refractivity contribution in [2.75, 3.05) is 13.1 Å². The molecule has 106 valence electrons. The Balaban J connectivity index is 4.04. The maximum absolute atomic E-state index is 11.6. The van der Waals surface area contributed by atoms with E-state index >= 15 is 0 Å². The van der Waals surface area contributed by atoms with Crippen molar-refractivity contribution >= 4 is 11.9 Å². The summed E-state index contributed by atoms with van der Waals surface area (Å²) in [5.41, 5.74) is 4.54. The lowest BCUT2D eigenvalue weighted by molar-refractivity contribution is -0.149. The number of carbonyl (C=O) groups excluding carboxylic acids is 1. The maximum Gasteiger partial charge on any atom is 0.311 e. The lowest BCUT2D eigenvalue weighted by atomic mass is 9.82. The van der Waals surface area contributed by atoms with Gasteiger partial charge in [0.2, 0.25) is 5.91 Å². The van der Waals surface area contributed by atoms with Gasteiger partial charge in [-0.25, -0.2) is 0 Å². The Morgan fingerprint density at radius 1 is 1.17 bits per heavy atom. The van der Waals surface area contributed by atoms with Crippen LogP contribution in [0.5, 0.6) is 0 Å². The standard InChI is InChI=1S/C13H26N2O3/c1-3-13(4-2,12(17)18)10-15-11(16)8-6-5-7-9-14/h3-10,14H2,1-2H3,(H,15,16)(H,17,18). The predicted molar refractivity (Wildman–Crippen MR) is 71.2 cm³/mol. The van der Waals surface area contributed by atoms with Crippen molar-refractivity contribution in [3.05, 3.63) is 0 Å². The Bertz CT molecular complexity index is 263. The molecule has 0 aliphatic carbocycles. The highest BCUT2D eigenvalue weighted by atomic mass is 16.4. The van der Waals surface area contributed by atoms with E-state index in [4.69, 9.17) is 5.73 Å². The predicted octanol–water partition coefficient (Wildman–Crippen LogP) is 1.51. The minimum Gasteiger partial charge on any atom is -0.481 e. The van der Waals surface area contributed by atoms with Gasteiger partial charge < -0.3 is 16.2 Å². The summed E-state index contributed by atoms with van der Waals surface area (Å²) in [5, 5.41) is 12.0. The van der Waals surface area contributed by atoms with Gasteiger partial charge in [-0.2, -0.15) is 0 Å². The molecule has 0 bridgehead atoms. The fraction of sp³-hybridized carbons (Fsp3) is 0.846. The van der Waals surface area contributed by atoms with E-state index in [0.29, 0.717) is 25.8 Å². The SMILES string of the molecule is CCC(CC)(CNC(=O)CCCCCN)C(=O)O. The molecule has 4 N–H and O–H groups in total. The second kappa shape index (κ2) is 8.91. The summed E-state index contributed by atoms with van der Waals surface area (Å²) in [6, 6.07) is 0. The second-order valence-electron chi connectivity index (χ2n) is 4.67. The molecule has 0 aromatic rings. The molecule has 5 heteroatoms. The van der Waals surface area contributed by atoms with E-state index in [-0.39, 0.29) is 12.5 Å². The molecule has 0 heterocycles. The smallest absolute Gasteiger partial charge is 0.311 e. The van der Waals surface area contributed by atoms with Crippen molar-refractivity contribution in [2.45, 2.75) is 52.4 Å². The lowest BCUT2D eigenvalue weighted by Gasteiger charge is -2.26. The molecule has 0 aliphatic rings. The van der Waals surface area contributed by atoms with Gasteiger partial charge in [0.05, 0.1) is 5.41 Å². The van der Waals surface area contributed by atoms with Crippen molar-refractivity contribution < 1.29 is 14.7 Å². The van der Waals surface area contributed by atoms with Crippen LogP contribution in [0.15, 0.2) is 0 Å². The first-order chi connectivity index (χ1) is 8.52. The number of aliphatic carboxylic acids is 1. The van der Waals surface area contributed by atoms with Gasteiger partial charge in [-0.05, 0) is 32.2 Å². The molecule has 0 fully saturated rings. The van der Waals surface area contributed by atoms with Crippen molar-refractivity contribution in [3.63, 3.8) is 0 Å². The average molecular weight is 258 g/mol. The number of nitrogens with one attached hydrogen (secondary N) is 1. The first-order valence-corrected chi connectivity index (χ1v) is 6.72. The van der Waals surface area contributed by atoms with Gasteiger partial charge in [-0.3, -0.25) is 9.59 Å². The van der Waals surface area contributed by atoms with Crippen LogP contribution in [-0.4, -0.2) is 30.1 Å². The molecule has 1 amide bonds. The summed E-state index contributed by atoms with van der Waals surface area (Å²) in [7, 11) is 0. The molecule has 0 radical (unpaired) electrons. The third-order valence-electron chi connectivity index (χ3n) is 3.54. The van der Waals surface area contributed by atoms with Crippen molar-refractivity contribution in [3.8, 4) is 0 Å². The Kier molecular flexibility index (Phi) is 8.37. The molecule has 0 aliphatic heterocycles.